The van der Waals surface area contributed by atoms with Crippen LogP contribution in [0.4, 0.5) is 0 Å². The standard InChI is InChI=1S/C16H22N4O2S/c1-2-3-14-17-16(19-18-14)13-10-20(7-8-22-13)15(21)5-4-12-6-9-23-11-12/h6,9,11,13H,2-5,7-8,10H2,1H3,(H,17,18,19)/t13-/m0/s1. The van der Waals surface area contributed by atoms with E-state index in [1.54, 1.807) is 11.3 Å². The van der Waals surface area contributed by atoms with Gasteiger partial charge < -0.3 is 9.64 Å². The number of carbonyl (C=O) groups excluding carboxylic acids is 1. The first-order valence-corrected chi connectivity index (χ1v) is 9.02. The molecule has 3 rings (SSSR count). The Balaban J connectivity index is 1.55. The predicted molar refractivity (Wildman–Crippen MR) is 88.3 cm³/mol. The summed E-state index contributed by atoms with van der Waals surface area (Å²) >= 11 is 1.67. The number of thiophene rings is 1. The molecule has 0 saturated carbocycles. The van der Waals surface area contributed by atoms with E-state index in [4.69, 9.17) is 4.74 Å². The van der Waals surface area contributed by atoms with Crippen LogP contribution in [-0.2, 0) is 22.4 Å². The third-order valence-electron chi connectivity index (χ3n) is 3.95. The summed E-state index contributed by atoms with van der Waals surface area (Å²) in [6.45, 7) is 3.82. The number of hydrogen-bond acceptors (Lipinski definition) is 5. The van der Waals surface area contributed by atoms with Crippen molar-refractivity contribution in [3.05, 3.63) is 34.0 Å². The number of H-pyrrole nitrogens is 1. The van der Waals surface area contributed by atoms with E-state index >= 15 is 0 Å². The summed E-state index contributed by atoms with van der Waals surface area (Å²) in [7, 11) is 0. The van der Waals surface area contributed by atoms with E-state index in [2.05, 4.69) is 33.6 Å². The summed E-state index contributed by atoms with van der Waals surface area (Å²) in [4.78, 5) is 18.8. The van der Waals surface area contributed by atoms with Crippen LogP contribution in [0.15, 0.2) is 16.8 Å². The van der Waals surface area contributed by atoms with Crippen molar-refractivity contribution in [1.29, 1.82) is 0 Å². The topological polar surface area (TPSA) is 71.1 Å². The second-order valence-corrected chi connectivity index (χ2v) is 6.50. The largest absolute Gasteiger partial charge is 0.366 e. The Kier molecular flexibility index (Phi) is 5.40. The molecule has 6 nitrogen and oxygen atoms in total. The van der Waals surface area contributed by atoms with Crippen molar-refractivity contribution in [3.63, 3.8) is 0 Å². The molecular weight excluding hydrogens is 312 g/mol. The number of aryl methyl sites for hydroxylation is 2. The lowest BCUT2D eigenvalue weighted by Crippen LogP contribution is -2.42. The van der Waals surface area contributed by atoms with E-state index in [9.17, 15) is 4.79 Å². The first kappa shape index (κ1) is 16.1. The zero-order valence-electron chi connectivity index (χ0n) is 13.3. The molecule has 1 atom stereocenters. The van der Waals surface area contributed by atoms with Crippen LogP contribution in [0, 0.1) is 0 Å². The average molecular weight is 334 g/mol. The second kappa shape index (κ2) is 7.70. The molecule has 3 heterocycles. The van der Waals surface area contributed by atoms with Crippen molar-refractivity contribution in [2.45, 2.75) is 38.7 Å². The average Bonchev–Trinajstić information content (AvgIpc) is 3.25. The molecule has 7 heteroatoms. The minimum absolute atomic E-state index is 0.175. The quantitative estimate of drug-likeness (QED) is 0.880. The summed E-state index contributed by atoms with van der Waals surface area (Å²) < 4.78 is 5.75. The van der Waals surface area contributed by atoms with Gasteiger partial charge in [-0.05, 0) is 35.2 Å². The Labute approximate surface area is 139 Å². The number of carbonyl (C=O) groups is 1. The lowest BCUT2D eigenvalue weighted by atomic mass is 10.1. The zero-order chi connectivity index (χ0) is 16.1. The molecule has 124 valence electrons. The van der Waals surface area contributed by atoms with Gasteiger partial charge in [-0.1, -0.05) is 6.92 Å². The van der Waals surface area contributed by atoms with E-state index in [1.807, 2.05) is 10.3 Å². The van der Waals surface area contributed by atoms with E-state index in [1.165, 1.54) is 5.56 Å². The van der Waals surface area contributed by atoms with Gasteiger partial charge in [0.15, 0.2) is 5.82 Å². The normalized spacial score (nSPS) is 18.3. The van der Waals surface area contributed by atoms with Gasteiger partial charge >= 0.3 is 0 Å². The Morgan fingerprint density at radius 2 is 2.43 bits per heavy atom. The van der Waals surface area contributed by atoms with Crippen molar-refractivity contribution in [2.75, 3.05) is 19.7 Å². The fourth-order valence-corrected chi connectivity index (χ4v) is 3.38. The zero-order valence-corrected chi connectivity index (χ0v) is 14.1. The van der Waals surface area contributed by atoms with Gasteiger partial charge in [0.25, 0.3) is 0 Å². The van der Waals surface area contributed by atoms with Gasteiger partial charge in [0.05, 0.1) is 13.2 Å². The number of nitrogens with zero attached hydrogens (tertiary/aromatic N) is 3. The van der Waals surface area contributed by atoms with Gasteiger partial charge in [0, 0.05) is 19.4 Å². The van der Waals surface area contributed by atoms with Gasteiger partial charge in [-0.2, -0.15) is 16.4 Å². The summed E-state index contributed by atoms with van der Waals surface area (Å²) in [5, 5.41) is 11.3. The highest BCUT2D eigenvalue weighted by Gasteiger charge is 2.27. The first-order valence-electron chi connectivity index (χ1n) is 8.08. The van der Waals surface area contributed by atoms with Crippen molar-refractivity contribution < 1.29 is 9.53 Å². The van der Waals surface area contributed by atoms with E-state index < -0.39 is 0 Å². The lowest BCUT2D eigenvalue weighted by Gasteiger charge is -2.31. The maximum atomic E-state index is 12.4. The van der Waals surface area contributed by atoms with Crippen LogP contribution < -0.4 is 0 Å². The molecule has 0 aliphatic carbocycles. The maximum absolute atomic E-state index is 12.4. The third-order valence-corrected chi connectivity index (χ3v) is 4.68. The molecule has 1 aliphatic heterocycles. The second-order valence-electron chi connectivity index (χ2n) is 5.72. The van der Waals surface area contributed by atoms with Crippen molar-refractivity contribution in [1.82, 2.24) is 20.1 Å². The van der Waals surface area contributed by atoms with E-state index in [-0.39, 0.29) is 12.0 Å². The fraction of sp³-hybridized carbons (Fsp3) is 0.562. The Bertz CT molecular complexity index is 626. The number of hydrogen-bond donors (Lipinski definition) is 1. The molecule has 1 saturated heterocycles. The van der Waals surface area contributed by atoms with Crippen LogP contribution in [0.5, 0.6) is 0 Å². The van der Waals surface area contributed by atoms with Crippen molar-refractivity contribution in [3.8, 4) is 0 Å². The number of aromatic nitrogens is 3. The minimum atomic E-state index is -0.226. The summed E-state index contributed by atoms with van der Waals surface area (Å²) in [6.07, 6.45) is 3.01. The van der Waals surface area contributed by atoms with Crippen LogP contribution >= 0.6 is 11.3 Å². The van der Waals surface area contributed by atoms with Crippen LogP contribution in [0.2, 0.25) is 0 Å². The third kappa shape index (κ3) is 4.17. The molecule has 0 spiro atoms. The van der Waals surface area contributed by atoms with Crippen LogP contribution in [0.1, 0.15) is 43.1 Å². The highest BCUT2D eigenvalue weighted by atomic mass is 32.1. The Morgan fingerprint density at radius 1 is 1.52 bits per heavy atom. The van der Waals surface area contributed by atoms with E-state index in [0.29, 0.717) is 31.9 Å². The number of morpholine rings is 1. The van der Waals surface area contributed by atoms with Crippen molar-refractivity contribution in [2.24, 2.45) is 0 Å². The van der Waals surface area contributed by atoms with Gasteiger partial charge in [0.2, 0.25) is 5.91 Å². The molecule has 2 aromatic heterocycles. The van der Waals surface area contributed by atoms with Gasteiger partial charge in [0.1, 0.15) is 11.9 Å². The minimum Gasteiger partial charge on any atom is -0.366 e. The molecule has 1 fully saturated rings. The van der Waals surface area contributed by atoms with Gasteiger partial charge in [-0.3, -0.25) is 9.89 Å². The van der Waals surface area contributed by atoms with Gasteiger partial charge in [-0.25, -0.2) is 4.98 Å². The van der Waals surface area contributed by atoms with Crippen LogP contribution in [0.3, 0.4) is 0 Å². The molecule has 0 radical (unpaired) electrons. The number of amides is 1. The molecule has 23 heavy (non-hydrogen) atoms. The van der Waals surface area contributed by atoms with Gasteiger partial charge in [-0.15, -0.1) is 0 Å². The van der Waals surface area contributed by atoms with E-state index in [0.717, 1.165) is 25.1 Å². The number of nitrogens with one attached hydrogen (secondary N) is 1. The molecule has 2 aromatic rings. The molecule has 1 aliphatic rings. The van der Waals surface area contributed by atoms with Crippen LogP contribution in [0.25, 0.3) is 0 Å². The molecule has 1 N–H and O–H groups in total. The number of ether oxygens (including phenoxy) is 1. The molecule has 0 bridgehead atoms. The number of rotatable bonds is 6. The molecule has 1 amide bonds. The molecule has 0 aromatic carbocycles. The Hall–Kier alpha value is -1.73. The summed E-state index contributed by atoms with van der Waals surface area (Å²) in [6, 6.07) is 2.07. The SMILES string of the molecule is CCCc1nc([C@@H]2CN(C(=O)CCc3ccsc3)CCO2)n[nH]1. The first-order chi connectivity index (χ1) is 11.3. The maximum Gasteiger partial charge on any atom is 0.223 e. The van der Waals surface area contributed by atoms with Crippen molar-refractivity contribution >= 4 is 17.2 Å². The highest BCUT2D eigenvalue weighted by Crippen LogP contribution is 2.20. The molecule has 0 unspecified atom stereocenters. The monoisotopic (exact) mass is 334 g/mol. The number of aromatic amines is 1. The summed E-state index contributed by atoms with van der Waals surface area (Å²) in [5.41, 5.74) is 1.23. The smallest absolute Gasteiger partial charge is 0.223 e. The van der Waals surface area contributed by atoms with Crippen LogP contribution in [-0.4, -0.2) is 45.7 Å². The lowest BCUT2D eigenvalue weighted by molar-refractivity contribution is -0.139. The fourth-order valence-electron chi connectivity index (χ4n) is 2.68. The predicted octanol–water partition coefficient (Wildman–Crippen LogP) is 2.35. The Morgan fingerprint density at radius 3 is 3.22 bits per heavy atom. The highest BCUT2D eigenvalue weighted by molar-refractivity contribution is 7.07. The summed E-state index contributed by atoms with van der Waals surface area (Å²) in [5.74, 6) is 1.71. The molecular formula is C16H22N4O2S.